The minimum atomic E-state index is -6.00. The summed E-state index contributed by atoms with van der Waals surface area (Å²) in [6, 6.07) is 51.9. The highest BCUT2D eigenvalue weighted by Gasteiger charge is 2.53. The molecule has 0 bridgehead atoms. The van der Waals surface area contributed by atoms with Gasteiger partial charge in [-0.3, -0.25) is 0 Å². The predicted octanol–water partition coefficient (Wildman–Crippen LogP) is 8.69. The van der Waals surface area contributed by atoms with Gasteiger partial charge in [0.1, 0.15) is 28.8 Å². The molecular formula is C33H30BF4P. The van der Waals surface area contributed by atoms with Crippen LogP contribution >= 0.6 is 7.26 Å². The van der Waals surface area contributed by atoms with Crippen LogP contribution in [0.3, 0.4) is 0 Å². The van der Waals surface area contributed by atoms with Crippen molar-refractivity contribution in [2.75, 3.05) is 0 Å². The average Bonchev–Trinajstić information content (AvgIpc) is 2.94. The first-order valence-electron chi connectivity index (χ1n) is 12.8. The summed E-state index contributed by atoms with van der Waals surface area (Å²) >= 11 is 0. The molecule has 0 fully saturated rings. The third-order valence-electron chi connectivity index (χ3n) is 6.66. The number of benzene rings is 5. The van der Waals surface area contributed by atoms with Crippen LogP contribution in [0.1, 0.15) is 27.9 Å². The fraction of sp³-hybridized carbons (Fsp3) is 0.0909. The van der Waals surface area contributed by atoms with Crippen molar-refractivity contribution >= 4 is 30.4 Å². The van der Waals surface area contributed by atoms with Crippen molar-refractivity contribution in [1.82, 2.24) is 0 Å². The number of aryl methyl sites for hydroxylation is 2. The maximum Gasteiger partial charge on any atom is 0.673 e. The predicted molar refractivity (Wildman–Crippen MR) is 160 cm³/mol. The second kappa shape index (κ2) is 12.4. The Kier molecular flexibility index (Phi) is 9.04. The van der Waals surface area contributed by atoms with E-state index in [4.69, 9.17) is 0 Å². The third kappa shape index (κ3) is 6.85. The van der Waals surface area contributed by atoms with Gasteiger partial charge in [0.15, 0.2) is 0 Å². The normalized spacial score (nSPS) is 11.6. The molecule has 0 spiro atoms. The van der Waals surface area contributed by atoms with Gasteiger partial charge >= 0.3 is 7.25 Å². The molecule has 0 saturated heterocycles. The van der Waals surface area contributed by atoms with Crippen LogP contribution in [-0.4, -0.2) is 7.25 Å². The Morgan fingerprint density at radius 3 is 0.949 bits per heavy atom. The summed E-state index contributed by atoms with van der Waals surface area (Å²) in [5.41, 5.74) is 5.49. The average molecular weight is 544 g/mol. The molecule has 5 rings (SSSR count). The molecule has 0 radical (unpaired) electrons. The molecule has 39 heavy (non-hydrogen) atoms. The van der Waals surface area contributed by atoms with Gasteiger partial charge < -0.3 is 17.3 Å². The highest BCUT2D eigenvalue weighted by atomic mass is 31.2. The minimum Gasteiger partial charge on any atom is -0.418 e. The fourth-order valence-electron chi connectivity index (χ4n) is 5.02. The Morgan fingerprint density at radius 2 is 0.692 bits per heavy atom. The van der Waals surface area contributed by atoms with Crippen molar-refractivity contribution in [3.8, 4) is 0 Å². The summed E-state index contributed by atoms with van der Waals surface area (Å²) in [5, 5.41) is 4.20. The molecule has 5 aromatic carbocycles. The first kappa shape index (κ1) is 28.3. The molecule has 0 aliphatic heterocycles. The number of hydrogen-bond donors (Lipinski definition) is 0. The first-order chi connectivity index (χ1) is 18.7. The van der Waals surface area contributed by atoms with E-state index in [1.807, 2.05) is 0 Å². The van der Waals surface area contributed by atoms with Crippen LogP contribution in [0.5, 0.6) is 0 Å². The zero-order valence-electron chi connectivity index (χ0n) is 21.9. The van der Waals surface area contributed by atoms with Crippen molar-refractivity contribution in [2.24, 2.45) is 0 Å². The zero-order chi connectivity index (χ0) is 27.9. The van der Waals surface area contributed by atoms with Crippen molar-refractivity contribution in [1.29, 1.82) is 0 Å². The van der Waals surface area contributed by atoms with Gasteiger partial charge in [-0.15, -0.1) is 0 Å². The van der Waals surface area contributed by atoms with Gasteiger partial charge in [-0.25, -0.2) is 0 Å². The molecule has 6 heteroatoms. The van der Waals surface area contributed by atoms with E-state index in [9.17, 15) is 17.3 Å². The van der Waals surface area contributed by atoms with Gasteiger partial charge in [0.05, 0.1) is 0 Å². The van der Waals surface area contributed by atoms with Crippen LogP contribution in [-0.2, 0) is 0 Å². The van der Waals surface area contributed by atoms with E-state index in [0.29, 0.717) is 0 Å². The Bertz CT molecular complexity index is 1290. The van der Waals surface area contributed by atoms with E-state index >= 15 is 0 Å². The lowest BCUT2D eigenvalue weighted by atomic mass is 10.0. The second-order valence-electron chi connectivity index (χ2n) is 9.45. The molecule has 0 atom stereocenters. The molecule has 0 N–H and O–H groups in total. The van der Waals surface area contributed by atoms with E-state index in [2.05, 4.69) is 153 Å². The summed E-state index contributed by atoms with van der Waals surface area (Å²) < 4.78 is 39.0. The van der Waals surface area contributed by atoms with Crippen molar-refractivity contribution in [3.63, 3.8) is 0 Å². The minimum absolute atomic E-state index is 0.195. The Balaban J connectivity index is 0.000000648. The Labute approximate surface area is 228 Å². The fourth-order valence-corrected chi connectivity index (χ4v) is 9.98. The maximum atomic E-state index is 9.75. The third-order valence-corrected chi connectivity index (χ3v) is 11.4. The molecule has 0 unspecified atom stereocenters. The number of hydrogen-bond acceptors (Lipinski definition) is 0. The highest BCUT2D eigenvalue weighted by Crippen LogP contribution is 2.68. The summed E-state index contributed by atoms with van der Waals surface area (Å²) in [6.07, 6.45) is 0. The van der Waals surface area contributed by atoms with Crippen LogP contribution in [0.4, 0.5) is 17.3 Å². The summed E-state index contributed by atoms with van der Waals surface area (Å²) in [6.45, 7) is 4.33. The largest absolute Gasteiger partial charge is 0.673 e. The van der Waals surface area contributed by atoms with Crippen molar-refractivity contribution < 1.29 is 17.3 Å². The molecule has 0 aliphatic carbocycles. The van der Waals surface area contributed by atoms with Crippen LogP contribution in [0, 0.1) is 13.8 Å². The summed E-state index contributed by atoms with van der Waals surface area (Å²) in [4.78, 5) is 0. The summed E-state index contributed by atoms with van der Waals surface area (Å²) in [5.74, 6) is 0. The molecular weight excluding hydrogens is 514 g/mol. The quantitative estimate of drug-likeness (QED) is 0.114. The van der Waals surface area contributed by atoms with Gasteiger partial charge in [0.2, 0.25) is 0 Å². The van der Waals surface area contributed by atoms with Crippen LogP contribution in [0.15, 0.2) is 140 Å². The molecule has 0 amide bonds. The Morgan fingerprint density at radius 1 is 0.436 bits per heavy atom. The molecule has 5 aromatic rings. The summed E-state index contributed by atoms with van der Waals surface area (Å²) in [7, 11) is -8.14. The van der Waals surface area contributed by atoms with Crippen LogP contribution in [0.25, 0.3) is 0 Å². The van der Waals surface area contributed by atoms with Crippen molar-refractivity contribution in [2.45, 2.75) is 19.5 Å². The second-order valence-corrected chi connectivity index (χ2v) is 13.0. The van der Waals surface area contributed by atoms with Crippen LogP contribution in [0.2, 0.25) is 0 Å². The molecule has 0 nitrogen and oxygen atoms in total. The van der Waals surface area contributed by atoms with Gasteiger partial charge in [0.25, 0.3) is 0 Å². The van der Waals surface area contributed by atoms with Crippen LogP contribution < -0.4 is 15.9 Å². The van der Waals surface area contributed by atoms with E-state index in [1.54, 1.807) is 0 Å². The molecule has 0 saturated carbocycles. The van der Waals surface area contributed by atoms with E-state index in [0.717, 1.165) is 0 Å². The van der Waals surface area contributed by atoms with E-state index < -0.39 is 14.5 Å². The number of rotatable bonds is 6. The lowest BCUT2D eigenvalue weighted by molar-refractivity contribution is 0.368. The Hall–Kier alpha value is -3.69. The number of halogens is 4. The lowest BCUT2D eigenvalue weighted by Crippen LogP contribution is -2.35. The first-order valence-corrected chi connectivity index (χ1v) is 14.6. The highest BCUT2D eigenvalue weighted by molar-refractivity contribution is 7.96. The molecule has 198 valence electrons. The van der Waals surface area contributed by atoms with Crippen molar-refractivity contribution in [3.05, 3.63) is 162 Å². The van der Waals surface area contributed by atoms with E-state index in [-0.39, 0.29) is 5.66 Å². The SMILES string of the molecule is Cc1ccc(C(c2ccc(C)cc2)[P+](c2ccccc2)(c2ccccc2)c2ccccc2)cc1.F[B-](F)(F)F. The lowest BCUT2D eigenvalue weighted by Gasteiger charge is -2.35. The van der Waals surface area contributed by atoms with Gasteiger partial charge in [-0.2, -0.15) is 0 Å². The van der Waals surface area contributed by atoms with E-state index in [1.165, 1.54) is 38.2 Å². The smallest absolute Gasteiger partial charge is 0.418 e. The topological polar surface area (TPSA) is 0 Å². The molecule has 0 aromatic heterocycles. The molecule has 0 heterocycles. The van der Waals surface area contributed by atoms with Gasteiger partial charge in [-0.1, -0.05) is 114 Å². The molecule has 0 aliphatic rings. The monoisotopic (exact) mass is 544 g/mol. The maximum absolute atomic E-state index is 9.75. The standard InChI is InChI=1S/C33H30P.BF4/c1-26-18-22-28(23-19-26)33(29-24-20-27(2)21-25-29)34(30-12-6-3-7-13-30,31-14-8-4-9-15-31)32-16-10-5-11-17-32;2-1(3,4)5/h3-25,33H,1-2H3;/q+1;-1. The van der Waals surface area contributed by atoms with Gasteiger partial charge in [-0.05, 0) is 61.4 Å². The zero-order valence-corrected chi connectivity index (χ0v) is 22.8. The van der Waals surface area contributed by atoms with Gasteiger partial charge in [0, 0.05) is 0 Å².